The molecule has 2 N–H and O–H groups in total. The summed E-state index contributed by atoms with van der Waals surface area (Å²) in [5.41, 5.74) is 7.11. The quantitative estimate of drug-likeness (QED) is 0.924. The van der Waals surface area contributed by atoms with Gasteiger partial charge in [-0.2, -0.15) is 0 Å². The van der Waals surface area contributed by atoms with Gasteiger partial charge in [-0.1, -0.05) is 24.6 Å². The van der Waals surface area contributed by atoms with Crippen molar-refractivity contribution in [1.82, 2.24) is 4.90 Å². The monoisotopic (exact) mass is 296 g/mol. The minimum absolute atomic E-state index is 0.122. The fourth-order valence-electron chi connectivity index (χ4n) is 3.24. The molecule has 20 heavy (non-hydrogen) atoms. The van der Waals surface area contributed by atoms with E-state index in [1.165, 1.54) is 12.8 Å². The Morgan fingerprint density at radius 3 is 2.85 bits per heavy atom. The Hall–Kier alpha value is -0.770. The number of methoxy groups -OCH3 is 1. The van der Waals surface area contributed by atoms with Crippen LogP contribution in [0, 0.1) is 5.92 Å². The maximum Gasteiger partial charge on any atom is 0.125 e. The van der Waals surface area contributed by atoms with Gasteiger partial charge in [0, 0.05) is 23.2 Å². The van der Waals surface area contributed by atoms with E-state index in [2.05, 4.69) is 18.7 Å². The fraction of sp³-hybridized carbons (Fsp3) is 0.625. The zero-order valence-electron chi connectivity index (χ0n) is 12.6. The lowest BCUT2D eigenvalue weighted by Crippen LogP contribution is -2.46. The van der Waals surface area contributed by atoms with Gasteiger partial charge in [-0.05, 0) is 44.4 Å². The highest BCUT2D eigenvalue weighted by atomic mass is 35.5. The van der Waals surface area contributed by atoms with Crippen molar-refractivity contribution in [3.05, 3.63) is 28.8 Å². The highest BCUT2D eigenvalue weighted by molar-refractivity contribution is 6.31. The summed E-state index contributed by atoms with van der Waals surface area (Å²) in [5, 5.41) is 0.741. The van der Waals surface area contributed by atoms with Gasteiger partial charge in [0.1, 0.15) is 5.75 Å². The predicted molar refractivity (Wildman–Crippen MR) is 84.4 cm³/mol. The number of halogens is 1. The van der Waals surface area contributed by atoms with E-state index in [4.69, 9.17) is 22.1 Å². The van der Waals surface area contributed by atoms with Crippen LogP contribution in [0.15, 0.2) is 18.2 Å². The summed E-state index contributed by atoms with van der Waals surface area (Å²) >= 11 is 6.42. The van der Waals surface area contributed by atoms with E-state index in [0.717, 1.165) is 22.9 Å². The van der Waals surface area contributed by atoms with Crippen molar-refractivity contribution < 1.29 is 4.74 Å². The van der Waals surface area contributed by atoms with E-state index < -0.39 is 0 Å². The number of hydrogen-bond donors (Lipinski definition) is 1. The van der Waals surface area contributed by atoms with Gasteiger partial charge < -0.3 is 10.5 Å². The summed E-state index contributed by atoms with van der Waals surface area (Å²) in [4.78, 5) is 2.48. The summed E-state index contributed by atoms with van der Waals surface area (Å²) in [6, 6.07) is 6.43. The number of ether oxygens (including phenoxy) is 1. The third-order valence-electron chi connectivity index (χ3n) is 4.61. The SMILES string of the molecule is COc1cccc(Cl)c1C(CN)N1CCCC(C)C1C. The molecule has 2 rings (SSSR count). The lowest BCUT2D eigenvalue weighted by atomic mass is 9.89. The Kier molecular flexibility index (Phi) is 5.30. The molecule has 112 valence electrons. The lowest BCUT2D eigenvalue weighted by molar-refractivity contribution is 0.0699. The van der Waals surface area contributed by atoms with Crippen molar-refractivity contribution >= 4 is 11.6 Å². The molecule has 1 saturated heterocycles. The predicted octanol–water partition coefficient (Wildman–Crippen LogP) is 3.47. The second-order valence-corrected chi connectivity index (χ2v) is 6.11. The van der Waals surface area contributed by atoms with Crippen LogP contribution in [-0.4, -0.2) is 31.1 Å². The first kappa shape index (κ1) is 15.6. The average Bonchev–Trinajstić information content (AvgIpc) is 2.45. The summed E-state index contributed by atoms with van der Waals surface area (Å²) < 4.78 is 5.50. The molecular formula is C16H25ClN2O. The van der Waals surface area contributed by atoms with E-state index >= 15 is 0 Å². The summed E-state index contributed by atoms with van der Waals surface area (Å²) in [6.07, 6.45) is 2.50. The molecule has 0 bridgehead atoms. The van der Waals surface area contributed by atoms with Crippen LogP contribution in [0.25, 0.3) is 0 Å². The van der Waals surface area contributed by atoms with E-state index in [9.17, 15) is 0 Å². The number of hydrogen-bond acceptors (Lipinski definition) is 3. The third kappa shape index (κ3) is 2.95. The Morgan fingerprint density at radius 1 is 1.45 bits per heavy atom. The molecule has 1 heterocycles. The fourth-order valence-corrected chi connectivity index (χ4v) is 3.54. The van der Waals surface area contributed by atoms with Crippen LogP contribution in [0.3, 0.4) is 0 Å². The zero-order chi connectivity index (χ0) is 14.7. The van der Waals surface area contributed by atoms with Gasteiger partial charge in [-0.3, -0.25) is 4.90 Å². The second-order valence-electron chi connectivity index (χ2n) is 5.71. The van der Waals surface area contributed by atoms with Crippen LogP contribution < -0.4 is 10.5 Å². The molecule has 4 heteroatoms. The number of nitrogens with zero attached hydrogens (tertiary/aromatic N) is 1. The van der Waals surface area contributed by atoms with Crippen LogP contribution >= 0.6 is 11.6 Å². The molecule has 0 spiro atoms. The number of rotatable bonds is 4. The summed E-state index contributed by atoms with van der Waals surface area (Å²) in [5.74, 6) is 1.52. The van der Waals surface area contributed by atoms with Gasteiger partial charge in [-0.25, -0.2) is 0 Å². The van der Waals surface area contributed by atoms with Crippen LogP contribution in [-0.2, 0) is 0 Å². The van der Waals surface area contributed by atoms with Crippen LogP contribution in [0.1, 0.15) is 38.3 Å². The standard InChI is InChI=1S/C16H25ClN2O/c1-11-6-5-9-19(12(11)2)14(10-18)16-13(17)7-4-8-15(16)20-3/h4,7-8,11-12,14H,5-6,9-10,18H2,1-3H3. The molecule has 1 aliphatic rings. The van der Waals surface area contributed by atoms with Crippen LogP contribution in [0.2, 0.25) is 5.02 Å². The largest absolute Gasteiger partial charge is 0.496 e. The Morgan fingerprint density at radius 2 is 2.20 bits per heavy atom. The normalized spacial score (nSPS) is 25.4. The molecule has 3 atom stereocenters. The second kappa shape index (κ2) is 6.79. The minimum atomic E-state index is 0.122. The van der Waals surface area contributed by atoms with Gasteiger partial charge in [-0.15, -0.1) is 0 Å². The van der Waals surface area contributed by atoms with Crippen molar-refractivity contribution in [2.45, 2.75) is 38.8 Å². The first-order valence-electron chi connectivity index (χ1n) is 7.38. The topological polar surface area (TPSA) is 38.5 Å². The third-order valence-corrected chi connectivity index (χ3v) is 4.94. The van der Waals surface area contributed by atoms with Crippen LogP contribution in [0.5, 0.6) is 5.75 Å². The highest BCUT2D eigenvalue weighted by Gasteiger charge is 2.32. The van der Waals surface area contributed by atoms with Crippen molar-refractivity contribution in [2.24, 2.45) is 11.7 Å². The lowest BCUT2D eigenvalue weighted by Gasteiger charge is -2.43. The highest BCUT2D eigenvalue weighted by Crippen LogP contribution is 2.38. The van der Waals surface area contributed by atoms with E-state index in [1.807, 2.05) is 18.2 Å². The molecular weight excluding hydrogens is 272 g/mol. The number of piperidine rings is 1. The van der Waals surface area contributed by atoms with Gasteiger partial charge in [0.25, 0.3) is 0 Å². The molecule has 1 aliphatic heterocycles. The van der Waals surface area contributed by atoms with Crippen LogP contribution in [0.4, 0.5) is 0 Å². The Balaban J connectivity index is 2.37. The minimum Gasteiger partial charge on any atom is -0.496 e. The number of benzene rings is 1. The van der Waals surface area contributed by atoms with Crippen molar-refractivity contribution in [3.8, 4) is 5.75 Å². The summed E-state index contributed by atoms with van der Waals surface area (Å²) in [6.45, 7) is 6.23. The van der Waals surface area contributed by atoms with Crippen molar-refractivity contribution in [2.75, 3.05) is 20.2 Å². The first-order valence-corrected chi connectivity index (χ1v) is 7.76. The van der Waals surface area contributed by atoms with Gasteiger partial charge in [0.15, 0.2) is 0 Å². The molecule has 1 aromatic carbocycles. The molecule has 0 amide bonds. The average molecular weight is 297 g/mol. The van der Waals surface area contributed by atoms with Gasteiger partial charge in [0.2, 0.25) is 0 Å². The van der Waals surface area contributed by atoms with Crippen molar-refractivity contribution in [3.63, 3.8) is 0 Å². The molecule has 0 aliphatic carbocycles. The molecule has 3 unspecified atom stereocenters. The molecule has 1 aromatic rings. The van der Waals surface area contributed by atoms with E-state index in [-0.39, 0.29) is 6.04 Å². The maximum atomic E-state index is 6.42. The number of likely N-dealkylation sites (tertiary alicyclic amines) is 1. The van der Waals surface area contributed by atoms with E-state index in [0.29, 0.717) is 18.5 Å². The smallest absolute Gasteiger partial charge is 0.125 e. The maximum absolute atomic E-state index is 6.42. The van der Waals surface area contributed by atoms with Crippen molar-refractivity contribution in [1.29, 1.82) is 0 Å². The van der Waals surface area contributed by atoms with Gasteiger partial charge in [0.05, 0.1) is 13.2 Å². The summed E-state index contributed by atoms with van der Waals surface area (Å²) in [7, 11) is 1.69. The Labute approximate surface area is 127 Å². The molecule has 0 aromatic heterocycles. The molecule has 1 fully saturated rings. The number of nitrogens with two attached hydrogens (primary N) is 1. The Bertz CT molecular complexity index is 452. The molecule has 0 radical (unpaired) electrons. The zero-order valence-corrected chi connectivity index (χ0v) is 13.4. The molecule has 0 saturated carbocycles. The van der Waals surface area contributed by atoms with E-state index in [1.54, 1.807) is 7.11 Å². The van der Waals surface area contributed by atoms with Gasteiger partial charge >= 0.3 is 0 Å². The molecule has 3 nitrogen and oxygen atoms in total. The first-order chi connectivity index (χ1) is 9.60.